The van der Waals surface area contributed by atoms with Crippen molar-refractivity contribution in [3.63, 3.8) is 0 Å². The number of halogens is 2. The second-order valence-electron chi connectivity index (χ2n) is 7.21. The Labute approximate surface area is 176 Å². The fraction of sp³-hybridized carbons (Fsp3) is 0.316. The minimum Gasteiger partial charge on any atom is -0.382 e. The highest BCUT2D eigenvalue weighted by molar-refractivity contribution is 6.32. The topological polar surface area (TPSA) is 130 Å². The Balaban J connectivity index is 1.67. The van der Waals surface area contributed by atoms with Crippen LogP contribution in [0.25, 0.3) is 11.3 Å². The maximum absolute atomic E-state index is 14.0. The van der Waals surface area contributed by atoms with Gasteiger partial charge < -0.3 is 14.9 Å². The first-order valence-electron chi connectivity index (χ1n) is 8.89. The van der Waals surface area contributed by atoms with Gasteiger partial charge >= 0.3 is 11.8 Å². The van der Waals surface area contributed by atoms with Crippen LogP contribution in [0.15, 0.2) is 28.9 Å². The van der Waals surface area contributed by atoms with E-state index in [1.165, 1.54) is 26.0 Å². The molecule has 2 N–H and O–H groups in total. The third-order valence-corrected chi connectivity index (χ3v) is 4.39. The lowest BCUT2D eigenvalue weighted by molar-refractivity contribution is 0.0660. The zero-order chi connectivity index (χ0) is 22.1. The van der Waals surface area contributed by atoms with E-state index >= 15 is 0 Å². The molecule has 30 heavy (non-hydrogen) atoms. The van der Waals surface area contributed by atoms with Gasteiger partial charge in [-0.1, -0.05) is 16.8 Å². The molecule has 0 aliphatic carbocycles. The number of hydrogen-bond acceptors (Lipinski definition) is 7. The van der Waals surface area contributed by atoms with Gasteiger partial charge in [0.15, 0.2) is 0 Å². The van der Waals surface area contributed by atoms with E-state index < -0.39 is 17.3 Å². The van der Waals surface area contributed by atoms with Crippen molar-refractivity contribution in [2.75, 3.05) is 0 Å². The Bertz CT molecular complexity index is 1100. The number of nitrogens with zero attached hydrogens (tertiary/aromatic N) is 5. The van der Waals surface area contributed by atoms with Gasteiger partial charge in [-0.2, -0.15) is 15.3 Å². The van der Waals surface area contributed by atoms with Crippen LogP contribution in [0.4, 0.5) is 4.39 Å². The summed E-state index contributed by atoms with van der Waals surface area (Å²) < 4.78 is 20.4. The van der Waals surface area contributed by atoms with Crippen molar-refractivity contribution in [1.82, 2.24) is 25.2 Å². The maximum Gasteiger partial charge on any atom is 0.316 e. The van der Waals surface area contributed by atoms with Crippen LogP contribution in [0.1, 0.15) is 42.8 Å². The number of carbonyl (C=O) groups is 1. The predicted molar refractivity (Wildman–Crippen MR) is 104 cm³/mol. The number of benzene rings is 1. The standard InChI is InChI=1S/C19H18ClFN6O3/c1-10(23-16(28)17-24-18(26-30-17)19(2,3)29)9-27-5-4-15(25-27)11-6-13(20)12(8-22)14(21)7-11/h4-7,10,29H,9H2,1-3H3,(H,23,28). The van der Waals surface area contributed by atoms with E-state index in [1.807, 2.05) is 0 Å². The number of nitrogens with one attached hydrogen (secondary N) is 1. The molecule has 1 atom stereocenters. The molecule has 1 aromatic carbocycles. The molecule has 2 heterocycles. The Hall–Kier alpha value is -3.29. The first kappa shape index (κ1) is 21.4. The zero-order valence-corrected chi connectivity index (χ0v) is 17.1. The van der Waals surface area contributed by atoms with E-state index in [1.54, 1.807) is 29.9 Å². The van der Waals surface area contributed by atoms with E-state index in [4.69, 9.17) is 21.4 Å². The minimum absolute atomic E-state index is 0.00494. The maximum atomic E-state index is 14.0. The van der Waals surface area contributed by atoms with E-state index in [2.05, 4.69) is 20.6 Å². The highest BCUT2D eigenvalue weighted by Crippen LogP contribution is 2.26. The third kappa shape index (κ3) is 4.64. The van der Waals surface area contributed by atoms with Gasteiger partial charge in [0.05, 0.1) is 17.3 Å². The van der Waals surface area contributed by atoms with E-state index in [0.29, 0.717) is 17.8 Å². The Morgan fingerprint density at radius 1 is 1.50 bits per heavy atom. The molecule has 1 unspecified atom stereocenters. The van der Waals surface area contributed by atoms with Gasteiger partial charge in [-0.3, -0.25) is 9.48 Å². The summed E-state index contributed by atoms with van der Waals surface area (Å²) in [6.07, 6.45) is 1.67. The van der Waals surface area contributed by atoms with Gasteiger partial charge in [-0.15, -0.1) is 0 Å². The summed E-state index contributed by atoms with van der Waals surface area (Å²) in [4.78, 5) is 16.1. The van der Waals surface area contributed by atoms with Crippen LogP contribution in [-0.4, -0.2) is 37.0 Å². The summed E-state index contributed by atoms with van der Waals surface area (Å²) in [6, 6.07) is 5.68. The number of aromatic nitrogens is 4. The lowest BCUT2D eigenvalue weighted by Gasteiger charge is -2.12. The van der Waals surface area contributed by atoms with Crippen molar-refractivity contribution in [3.05, 3.63) is 52.5 Å². The largest absolute Gasteiger partial charge is 0.382 e. The van der Waals surface area contributed by atoms with Crippen LogP contribution in [0, 0.1) is 17.1 Å². The second kappa shape index (κ2) is 8.22. The molecule has 0 aliphatic rings. The SMILES string of the molecule is CC(Cn1ccc(-c2cc(F)c(C#N)c(Cl)c2)n1)NC(=O)c1nc(C(C)(C)O)no1. The summed E-state index contributed by atoms with van der Waals surface area (Å²) in [5.41, 5.74) is -0.653. The molecule has 0 saturated carbocycles. The van der Waals surface area contributed by atoms with Crippen LogP contribution < -0.4 is 5.32 Å². The Morgan fingerprint density at radius 3 is 2.83 bits per heavy atom. The highest BCUT2D eigenvalue weighted by atomic mass is 35.5. The van der Waals surface area contributed by atoms with Crippen molar-refractivity contribution in [3.8, 4) is 17.3 Å². The average Bonchev–Trinajstić information content (AvgIpc) is 3.30. The van der Waals surface area contributed by atoms with Gasteiger partial charge in [0.25, 0.3) is 0 Å². The summed E-state index contributed by atoms with van der Waals surface area (Å²) in [6.45, 7) is 5.02. The molecule has 3 aromatic rings. The lowest BCUT2D eigenvalue weighted by Crippen LogP contribution is -2.36. The molecule has 0 radical (unpaired) electrons. The van der Waals surface area contributed by atoms with Crippen LogP contribution in [0.5, 0.6) is 0 Å². The highest BCUT2D eigenvalue weighted by Gasteiger charge is 2.26. The summed E-state index contributed by atoms with van der Waals surface area (Å²) in [5, 5.41) is 29.4. The normalized spacial score (nSPS) is 12.4. The van der Waals surface area contributed by atoms with Gasteiger partial charge in [-0.05, 0) is 39.0 Å². The van der Waals surface area contributed by atoms with Gasteiger partial charge in [0.2, 0.25) is 5.82 Å². The number of rotatable bonds is 6. The molecule has 0 fully saturated rings. The van der Waals surface area contributed by atoms with Crippen LogP contribution >= 0.6 is 11.6 Å². The van der Waals surface area contributed by atoms with Crippen LogP contribution in [-0.2, 0) is 12.1 Å². The molecule has 11 heteroatoms. The fourth-order valence-corrected chi connectivity index (χ4v) is 2.87. The molecule has 0 spiro atoms. The fourth-order valence-electron chi connectivity index (χ4n) is 2.62. The van der Waals surface area contributed by atoms with Crippen LogP contribution in [0.3, 0.4) is 0 Å². The second-order valence-corrected chi connectivity index (χ2v) is 7.61. The van der Waals surface area contributed by atoms with Crippen molar-refractivity contribution < 1.29 is 18.8 Å². The molecule has 3 rings (SSSR count). The number of aliphatic hydroxyl groups is 1. The predicted octanol–water partition coefficient (Wildman–Crippen LogP) is 2.64. The quantitative estimate of drug-likeness (QED) is 0.612. The molecule has 2 aromatic heterocycles. The number of nitriles is 1. The van der Waals surface area contributed by atoms with Crippen molar-refractivity contribution >= 4 is 17.5 Å². The van der Waals surface area contributed by atoms with Crippen LogP contribution in [0.2, 0.25) is 5.02 Å². The van der Waals surface area contributed by atoms with Crippen molar-refractivity contribution in [1.29, 1.82) is 5.26 Å². The molecule has 1 amide bonds. The van der Waals surface area contributed by atoms with Gasteiger partial charge in [0.1, 0.15) is 23.1 Å². The number of amides is 1. The molecule has 0 saturated heterocycles. The van der Waals surface area contributed by atoms with Gasteiger partial charge in [-0.25, -0.2) is 4.39 Å². The minimum atomic E-state index is -1.33. The Morgan fingerprint density at radius 2 is 2.23 bits per heavy atom. The molecule has 9 nitrogen and oxygen atoms in total. The first-order chi connectivity index (χ1) is 14.1. The molecular weight excluding hydrogens is 415 g/mol. The third-order valence-electron chi connectivity index (χ3n) is 4.10. The van der Waals surface area contributed by atoms with E-state index in [9.17, 15) is 14.3 Å². The smallest absolute Gasteiger partial charge is 0.316 e. The molecular formula is C19H18ClFN6O3. The summed E-state index contributed by atoms with van der Waals surface area (Å²) in [7, 11) is 0. The lowest BCUT2D eigenvalue weighted by atomic mass is 10.1. The van der Waals surface area contributed by atoms with E-state index in [-0.39, 0.29) is 28.3 Å². The van der Waals surface area contributed by atoms with E-state index in [0.717, 1.165) is 0 Å². The van der Waals surface area contributed by atoms with Crippen molar-refractivity contribution in [2.24, 2.45) is 0 Å². The van der Waals surface area contributed by atoms with Crippen molar-refractivity contribution in [2.45, 2.75) is 39.0 Å². The number of hydrogen-bond donors (Lipinski definition) is 2. The molecule has 0 bridgehead atoms. The number of carbonyl (C=O) groups excluding carboxylic acids is 1. The zero-order valence-electron chi connectivity index (χ0n) is 16.3. The first-order valence-corrected chi connectivity index (χ1v) is 9.26. The van der Waals surface area contributed by atoms with Gasteiger partial charge in [0, 0.05) is 17.8 Å². The monoisotopic (exact) mass is 432 g/mol. The summed E-state index contributed by atoms with van der Waals surface area (Å²) in [5.74, 6) is -1.56. The average molecular weight is 433 g/mol. The molecule has 0 aliphatic heterocycles. The Kier molecular flexibility index (Phi) is 5.87. The molecule has 156 valence electrons. The summed E-state index contributed by atoms with van der Waals surface area (Å²) >= 11 is 5.94.